The summed E-state index contributed by atoms with van der Waals surface area (Å²) in [6.45, 7) is 4.24. The number of rotatable bonds is 8. The number of carbonyl (C=O) groups is 2. The van der Waals surface area contributed by atoms with Gasteiger partial charge in [0.15, 0.2) is 5.89 Å². The molecule has 2 heterocycles. The normalized spacial score (nSPS) is 17.5. The number of carbonyl (C=O) groups excluding carboxylic acids is 1. The maximum Gasteiger partial charge on any atom is 0.411 e. The summed E-state index contributed by atoms with van der Waals surface area (Å²) in [4.78, 5) is 30.4. The Kier molecular flexibility index (Phi) is 7.15. The van der Waals surface area contributed by atoms with Crippen molar-refractivity contribution in [2.45, 2.75) is 51.8 Å². The molecule has 0 radical (unpaired) electrons. The summed E-state index contributed by atoms with van der Waals surface area (Å²) in [5.41, 5.74) is 2.57. The lowest BCUT2D eigenvalue weighted by molar-refractivity contribution is -0.142. The van der Waals surface area contributed by atoms with Crippen molar-refractivity contribution in [3.63, 3.8) is 0 Å². The van der Waals surface area contributed by atoms with Crippen molar-refractivity contribution in [3.8, 4) is 5.75 Å². The fourth-order valence-corrected chi connectivity index (χ4v) is 4.28. The van der Waals surface area contributed by atoms with E-state index in [1.165, 1.54) is 4.90 Å². The molecule has 8 nitrogen and oxygen atoms in total. The molecule has 8 heteroatoms. The number of aromatic nitrogens is 1. The second-order valence-electron chi connectivity index (χ2n) is 8.30. The maximum absolute atomic E-state index is 12.9. The molecule has 34 heavy (non-hydrogen) atoms. The third-order valence-electron chi connectivity index (χ3n) is 5.96. The highest BCUT2D eigenvalue weighted by atomic mass is 16.6. The van der Waals surface area contributed by atoms with Crippen molar-refractivity contribution in [1.82, 2.24) is 9.88 Å². The van der Waals surface area contributed by atoms with Gasteiger partial charge in [-0.15, -0.1) is 0 Å². The Labute approximate surface area is 198 Å². The number of oxazole rings is 1. The molecule has 1 aliphatic rings. The number of benzene rings is 2. The zero-order valence-electron chi connectivity index (χ0n) is 19.3. The van der Waals surface area contributed by atoms with Gasteiger partial charge < -0.3 is 19.0 Å². The highest BCUT2D eigenvalue weighted by Gasteiger charge is 2.42. The number of amides is 1. The van der Waals surface area contributed by atoms with Crippen LogP contribution < -0.4 is 4.74 Å². The number of aliphatic carboxylic acids is 1. The molecule has 1 amide bonds. The molecular formula is C26H28N2O6. The van der Waals surface area contributed by atoms with Crippen LogP contribution in [0, 0.1) is 13.8 Å². The van der Waals surface area contributed by atoms with Gasteiger partial charge in [-0.05, 0) is 43.0 Å². The first-order valence-corrected chi connectivity index (χ1v) is 11.3. The first-order valence-electron chi connectivity index (χ1n) is 11.3. The van der Waals surface area contributed by atoms with Crippen molar-refractivity contribution in [3.05, 3.63) is 83.1 Å². The third kappa shape index (κ3) is 5.39. The average molecular weight is 465 g/mol. The molecular weight excluding hydrogens is 436 g/mol. The Morgan fingerprint density at radius 3 is 2.47 bits per heavy atom. The van der Waals surface area contributed by atoms with Gasteiger partial charge >= 0.3 is 12.1 Å². The number of likely N-dealkylation sites (tertiary alicyclic amines) is 1. The van der Waals surface area contributed by atoms with Gasteiger partial charge in [-0.2, -0.15) is 0 Å². The molecule has 178 valence electrons. The average Bonchev–Trinajstić information content (AvgIpc) is 3.42. The number of ether oxygens (including phenoxy) is 2. The molecule has 1 N–H and O–H groups in total. The summed E-state index contributed by atoms with van der Waals surface area (Å²) in [6.07, 6.45) is 0.921. The predicted molar refractivity (Wildman–Crippen MR) is 123 cm³/mol. The van der Waals surface area contributed by atoms with Gasteiger partial charge in [-0.3, -0.25) is 4.90 Å². The van der Waals surface area contributed by atoms with Crippen LogP contribution in [0.5, 0.6) is 5.75 Å². The van der Waals surface area contributed by atoms with Crippen molar-refractivity contribution in [2.24, 2.45) is 0 Å². The molecule has 0 unspecified atom stereocenters. The van der Waals surface area contributed by atoms with E-state index >= 15 is 0 Å². The molecule has 0 aliphatic carbocycles. The smallest absolute Gasteiger partial charge is 0.411 e. The van der Waals surface area contributed by atoms with E-state index in [0.717, 1.165) is 22.6 Å². The monoisotopic (exact) mass is 464 g/mol. The molecule has 1 aliphatic heterocycles. The van der Waals surface area contributed by atoms with Crippen LogP contribution in [0.15, 0.2) is 59.0 Å². The standard InChI is InChI=1S/C26H28N2O6/c1-17-22(27-18(2)34-17)14-15-32-21-10-8-20(9-11-21)23-12-13-24(25(29)30)28(23)26(31)33-16-19-6-4-3-5-7-19/h3-11,23-24H,12-16H2,1-2H3,(H,29,30)/t23-,24-/m1/s1. The first-order chi connectivity index (χ1) is 16.4. The summed E-state index contributed by atoms with van der Waals surface area (Å²) in [5.74, 6) is 1.09. The number of aryl methyl sites for hydroxylation is 2. The quantitative estimate of drug-likeness (QED) is 0.509. The molecule has 0 spiro atoms. The van der Waals surface area contributed by atoms with Gasteiger partial charge in [-0.1, -0.05) is 42.5 Å². The minimum absolute atomic E-state index is 0.0898. The van der Waals surface area contributed by atoms with Crippen molar-refractivity contribution < 1.29 is 28.6 Å². The summed E-state index contributed by atoms with van der Waals surface area (Å²) < 4.78 is 16.7. The molecule has 1 saturated heterocycles. The Hall–Kier alpha value is -3.81. The molecule has 0 saturated carbocycles. The van der Waals surface area contributed by atoms with Crippen LogP contribution in [0.1, 0.15) is 47.4 Å². The minimum Gasteiger partial charge on any atom is -0.493 e. The molecule has 2 aromatic carbocycles. The van der Waals surface area contributed by atoms with Crippen molar-refractivity contribution >= 4 is 12.1 Å². The van der Waals surface area contributed by atoms with Crippen LogP contribution in [0.2, 0.25) is 0 Å². The van der Waals surface area contributed by atoms with Crippen molar-refractivity contribution in [2.75, 3.05) is 6.61 Å². The summed E-state index contributed by atoms with van der Waals surface area (Å²) in [6, 6.07) is 15.4. The summed E-state index contributed by atoms with van der Waals surface area (Å²) in [5, 5.41) is 9.66. The van der Waals surface area contributed by atoms with Crippen molar-refractivity contribution in [1.29, 1.82) is 0 Å². The fraction of sp³-hybridized carbons (Fsp3) is 0.346. The van der Waals surface area contributed by atoms with Gasteiger partial charge in [-0.25, -0.2) is 14.6 Å². The van der Waals surface area contributed by atoms with E-state index in [-0.39, 0.29) is 12.6 Å². The largest absolute Gasteiger partial charge is 0.493 e. The number of carboxylic acid groups (broad SMARTS) is 1. The van der Waals surface area contributed by atoms with Crippen LogP contribution in [0.4, 0.5) is 4.79 Å². The minimum atomic E-state index is -1.03. The van der Waals surface area contributed by atoms with Crippen LogP contribution in [0.25, 0.3) is 0 Å². The van der Waals surface area contributed by atoms with Crippen LogP contribution in [-0.2, 0) is 22.6 Å². The molecule has 4 rings (SSSR count). The second kappa shape index (κ2) is 10.4. The molecule has 2 atom stereocenters. The first kappa shape index (κ1) is 23.4. The second-order valence-corrected chi connectivity index (χ2v) is 8.30. The van der Waals surface area contributed by atoms with E-state index < -0.39 is 18.1 Å². The van der Waals surface area contributed by atoms with Gasteiger partial charge in [0.1, 0.15) is 24.2 Å². The maximum atomic E-state index is 12.9. The zero-order valence-corrected chi connectivity index (χ0v) is 19.3. The SMILES string of the molecule is Cc1nc(CCOc2ccc([C@H]3CC[C@H](C(=O)O)N3C(=O)OCc3ccccc3)cc2)c(C)o1. The zero-order chi connectivity index (χ0) is 24.1. The van der Waals surface area contributed by atoms with Gasteiger partial charge in [0.25, 0.3) is 0 Å². The lowest BCUT2D eigenvalue weighted by Gasteiger charge is -2.28. The summed E-state index contributed by atoms with van der Waals surface area (Å²) >= 11 is 0. The number of hydrogen-bond donors (Lipinski definition) is 1. The van der Waals surface area contributed by atoms with E-state index in [9.17, 15) is 14.7 Å². The predicted octanol–water partition coefficient (Wildman–Crippen LogP) is 4.84. The van der Waals surface area contributed by atoms with E-state index in [4.69, 9.17) is 13.9 Å². The van der Waals surface area contributed by atoms with E-state index in [1.807, 2.05) is 68.4 Å². The van der Waals surface area contributed by atoms with Crippen LogP contribution in [0.3, 0.4) is 0 Å². The molecule has 3 aromatic rings. The van der Waals surface area contributed by atoms with Gasteiger partial charge in [0.2, 0.25) is 0 Å². The third-order valence-corrected chi connectivity index (χ3v) is 5.96. The Bertz CT molecular complexity index is 1130. The molecule has 1 aromatic heterocycles. The number of carboxylic acids is 1. The summed E-state index contributed by atoms with van der Waals surface area (Å²) in [7, 11) is 0. The topological polar surface area (TPSA) is 102 Å². The Morgan fingerprint density at radius 2 is 1.82 bits per heavy atom. The number of hydrogen-bond acceptors (Lipinski definition) is 6. The molecule has 0 bridgehead atoms. The van der Waals surface area contributed by atoms with Gasteiger partial charge in [0, 0.05) is 13.3 Å². The van der Waals surface area contributed by atoms with E-state index in [2.05, 4.69) is 4.98 Å². The lowest BCUT2D eigenvalue weighted by atomic mass is 10.0. The van der Waals surface area contributed by atoms with Crippen LogP contribution >= 0.6 is 0 Å². The lowest BCUT2D eigenvalue weighted by Crippen LogP contribution is -2.42. The fourth-order valence-electron chi connectivity index (χ4n) is 4.28. The number of nitrogens with zero attached hydrogens (tertiary/aromatic N) is 2. The highest BCUT2D eigenvalue weighted by molar-refractivity contribution is 5.81. The van der Waals surface area contributed by atoms with E-state index in [0.29, 0.717) is 37.5 Å². The Morgan fingerprint density at radius 1 is 1.09 bits per heavy atom. The van der Waals surface area contributed by atoms with Crippen LogP contribution in [-0.4, -0.2) is 39.7 Å². The van der Waals surface area contributed by atoms with Gasteiger partial charge in [0.05, 0.1) is 18.3 Å². The Balaban J connectivity index is 1.40. The molecule has 1 fully saturated rings. The van der Waals surface area contributed by atoms with E-state index in [1.54, 1.807) is 0 Å². The highest BCUT2D eigenvalue weighted by Crippen LogP contribution is 2.37.